The predicted molar refractivity (Wildman–Crippen MR) is 85.1 cm³/mol. The summed E-state index contributed by atoms with van der Waals surface area (Å²) in [6.45, 7) is 0.524. The van der Waals surface area contributed by atoms with E-state index in [0.717, 1.165) is 5.56 Å². The molecule has 0 spiro atoms. The van der Waals surface area contributed by atoms with E-state index >= 15 is 0 Å². The van der Waals surface area contributed by atoms with E-state index in [-0.39, 0.29) is 5.75 Å². The Morgan fingerprint density at radius 1 is 1.16 bits per heavy atom. The van der Waals surface area contributed by atoms with Gasteiger partial charge in [0.2, 0.25) is 0 Å². The van der Waals surface area contributed by atoms with Crippen molar-refractivity contribution >= 4 is 17.2 Å². The standard InChI is InChI=1S/C17H14F3N3O2/c18-17(19,20)25-13-3-1-12(2-4-13)23-8-6-16(24)9-11-5-7-21-10-14(11)22-15(16)23/h1-5,7,10,24H,6,8-9H2. The van der Waals surface area contributed by atoms with Crippen molar-refractivity contribution in [3.05, 3.63) is 48.3 Å². The summed E-state index contributed by atoms with van der Waals surface area (Å²) in [7, 11) is 0. The normalized spacial score (nSPS) is 22.2. The van der Waals surface area contributed by atoms with E-state index in [1.165, 1.54) is 24.3 Å². The molecule has 1 aromatic carbocycles. The van der Waals surface area contributed by atoms with Crippen LogP contribution in [0.2, 0.25) is 0 Å². The Balaban J connectivity index is 1.65. The van der Waals surface area contributed by atoms with Crippen molar-refractivity contribution < 1.29 is 23.0 Å². The van der Waals surface area contributed by atoms with E-state index < -0.39 is 12.0 Å². The summed E-state index contributed by atoms with van der Waals surface area (Å²) in [6.07, 6.45) is -0.489. The second-order valence-corrected chi connectivity index (χ2v) is 6.09. The van der Waals surface area contributed by atoms with Crippen LogP contribution in [0.3, 0.4) is 0 Å². The molecule has 130 valence electrons. The van der Waals surface area contributed by atoms with Gasteiger partial charge in [-0.3, -0.25) is 4.98 Å². The van der Waals surface area contributed by atoms with Crippen LogP contribution in [-0.2, 0) is 6.42 Å². The molecular formula is C17H14F3N3O2. The molecule has 4 rings (SSSR count). The van der Waals surface area contributed by atoms with E-state index in [9.17, 15) is 18.3 Å². The highest BCUT2D eigenvalue weighted by Crippen LogP contribution is 2.39. The summed E-state index contributed by atoms with van der Waals surface area (Å²) in [5.41, 5.74) is 1.20. The Kier molecular flexibility index (Phi) is 3.47. The number of aliphatic hydroxyl groups is 1. The van der Waals surface area contributed by atoms with Crippen LogP contribution in [0.4, 0.5) is 24.5 Å². The number of halogens is 3. The molecule has 0 aliphatic carbocycles. The molecular weight excluding hydrogens is 335 g/mol. The van der Waals surface area contributed by atoms with Crippen LogP contribution in [0.25, 0.3) is 0 Å². The number of fused-ring (bicyclic) bond motifs is 2. The van der Waals surface area contributed by atoms with E-state index in [1.807, 2.05) is 11.0 Å². The van der Waals surface area contributed by atoms with Crippen LogP contribution in [-0.4, -0.2) is 34.4 Å². The van der Waals surface area contributed by atoms with Crippen LogP contribution in [0.15, 0.2) is 47.7 Å². The lowest BCUT2D eigenvalue weighted by Crippen LogP contribution is -2.43. The molecule has 2 aliphatic rings. The first-order chi connectivity index (χ1) is 11.8. The topological polar surface area (TPSA) is 58.0 Å². The minimum absolute atomic E-state index is 0.286. The summed E-state index contributed by atoms with van der Waals surface area (Å²) >= 11 is 0. The second-order valence-electron chi connectivity index (χ2n) is 6.09. The lowest BCUT2D eigenvalue weighted by molar-refractivity contribution is -0.274. The molecule has 0 amide bonds. The monoisotopic (exact) mass is 349 g/mol. The maximum Gasteiger partial charge on any atom is 0.573 e. The van der Waals surface area contributed by atoms with E-state index in [4.69, 9.17) is 0 Å². The lowest BCUT2D eigenvalue weighted by atomic mass is 9.90. The van der Waals surface area contributed by atoms with Crippen molar-refractivity contribution in [3.63, 3.8) is 0 Å². The number of hydrogen-bond donors (Lipinski definition) is 1. The fraction of sp³-hybridized carbons (Fsp3) is 0.294. The first-order valence-electron chi connectivity index (χ1n) is 7.72. The summed E-state index contributed by atoms with van der Waals surface area (Å²) in [5.74, 6) is 0.211. The number of rotatable bonds is 2. The summed E-state index contributed by atoms with van der Waals surface area (Å²) in [6, 6.07) is 7.37. The zero-order valence-corrected chi connectivity index (χ0v) is 13.0. The Bertz CT molecular complexity index is 836. The van der Waals surface area contributed by atoms with E-state index in [2.05, 4.69) is 14.7 Å². The number of ether oxygens (including phenoxy) is 1. The van der Waals surface area contributed by atoms with Gasteiger partial charge >= 0.3 is 6.36 Å². The van der Waals surface area contributed by atoms with Crippen molar-refractivity contribution in [3.8, 4) is 5.75 Å². The number of hydrogen-bond acceptors (Lipinski definition) is 5. The molecule has 2 aromatic rings. The quantitative estimate of drug-likeness (QED) is 0.905. The fourth-order valence-electron chi connectivity index (χ4n) is 3.27. The van der Waals surface area contributed by atoms with Gasteiger partial charge in [-0.1, -0.05) is 0 Å². The van der Waals surface area contributed by atoms with Crippen molar-refractivity contribution in [1.82, 2.24) is 4.98 Å². The van der Waals surface area contributed by atoms with Crippen LogP contribution in [0.5, 0.6) is 5.75 Å². The first-order valence-corrected chi connectivity index (χ1v) is 7.72. The lowest BCUT2D eigenvalue weighted by Gasteiger charge is -2.30. The van der Waals surface area contributed by atoms with Crippen molar-refractivity contribution in [1.29, 1.82) is 0 Å². The number of amidine groups is 1. The first kappa shape index (κ1) is 15.9. The second kappa shape index (κ2) is 5.45. The number of benzene rings is 1. The molecule has 1 aromatic heterocycles. The Morgan fingerprint density at radius 3 is 2.64 bits per heavy atom. The largest absolute Gasteiger partial charge is 0.573 e. The molecule has 0 bridgehead atoms. The van der Waals surface area contributed by atoms with Crippen molar-refractivity contribution in [2.75, 3.05) is 11.4 Å². The average molecular weight is 349 g/mol. The Labute approximate surface area is 141 Å². The van der Waals surface area contributed by atoms with Gasteiger partial charge < -0.3 is 14.7 Å². The zero-order valence-electron chi connectivity index (χ0n) is 13.0. The van der Waals surface area contributed by atoms with Crippen molar-refractivity contribution in [2.24, 2.45) is 4.99 Å². The maximum absolute atomic E-state index is 12.3. The maximum atomic E-state index is 12.3. The third kappa shape index (κ3) is 2.93. The molecule has 1 atom stereocenters. The molecule has 1 N–H and O–H groups in total. The van der Waals surface area contributed by atoms with E-state index in [0.29, 0.717) is 36.6 Å². The molecule has 3 heterocycles. The fourth-order valence-corrected chi connectivity index (χ4v) is 3.27. The van der Waals surface area contributed by atoms with Crippen molar-refractivity contribution in [2.45, 2.75) is 24.8 Å². The number of nitrogens with zero attached hydrogens (tertiary/aromatic N) is 3. The third-order valence-electron chi connectivity index (χ3n) is 4.40. The molecule has 2 aliphatic heterocycles. The molecule has 0 saturated carbocycles. The van der Waals surface area contributed by atoms with Crippen LogP contribution >= 0.6 is 0 Å². The average Bonchev–Trinajstić information content (AvgIpc) is 2.88. The van der Waals surface area contributed by atoms with Gasteiger partial charge in [0, 0.05) is 31.3 Å². The van der Waals surface area contributed by atoms with Gasteiger partial charge in [0.15, 0.2) is 0 Å². The summed E-state index contributed by atoms with van der Waals surface area (Å²) in [5, 5.41) is 10.9. The minimum atomic E-state index is -4.72. The molecule has 1 fully saturated rings. The molecule has 0 radical (unpaired) electrons. The minimum Gasteiger partial charge on any atom is -0.406 e. The molecule has 5 nitrogen and oxygen atoms in total. The number of pyridine rings is 1. The Hall–Kier alpha value is -2.61. The summed E-state index contributed by atoms with van der Waals surface area (Å²) < 4.78 is 40.7. The van der Waals surface area contributed by atoms with Gasteiger partial charge in [-0.05, 0) is 35.9 Å². The van der Waals surface area contributed by atoms with Gasteiger partial charge in [-0.15, -0.1) is 13.2 Å². The van der Waals surface area contributed by atoms with Gasteiger partial charge in [-0.2, -0.15) is 0 Å². The zero-order chi connectivity index (χ0) is 17.7. The number of aliphatic imine (C=N–C) groups is 1. The van der Waals surface area contributed by atoms with Gasteiger partial charge in [0.1, 0.15) is 17.2 Å². The molecule has 1 saturated heterocycles. The molecule has 8 heteroatoms. The number of aromatic nitrogens is 1. The smallest absolute Gasteiger partial charge is 0.406 e. The number of alkyl halides is 3. The van der Waals surface area contributed by atoms with E-state index in [1.54, 1.807) is 12.4 Å². The number of anilines is 1. The molecule has 25 heavy (non-hydrogen) atoms. The highest BCUT2D eigenvalue weighted by atomic mass is 19.4. The highest BCUT2D eigenvalue weighted by molar-refractivity contribution is 6.08. The van der Waals surface area contributed by atoms with Crippen LogP contribution < -0.4 is 9.64 Å². The van der Waals surface area contributed by atoms with Gasteiger partial charge in [0.05, 0.1) is 11.9 Å². The third-order valence-corrected chi connectivity index (χ3v) is 4.40. The Morgan fingerprint density at radius 2 is 1.92 bits per heavy atom. The van der Waals surface area contributed by atoms with Gasteiger partial charge in [-0.25, -0.2) is 4.99 Å². The van der Waals surface area contributed by atoms with Gasteiger partial charge in [0.25, 0.3) is 0 Å². The summed E-state index contributed by atoms with van der Waals surface area (Å²) in [4.78, 5) is 10.4. The predicted octanol–water partition coefficient (Wildman–Crippen LogP) is 3.21. The van der Waals surface area contributed by atoms with Crippen LogP contribution in [0, 0.1) is 0 Å². The molecule has 1 unspecified atom stereocenters. The highest BCUT2D eigenvalue weighted by Gasteiger charge is 2.46. The van der Waals surface area contributed by atoms with Crippen LogP contribution in [0.1, 0.15) is 12.0 Å². The SMILES string of the molecule is OC12CCN(c3ccc(OC(F)(F)F)cc3)C1=Nc1cnccc1C2.